The van der Waals surface area contributed by atoms with E-state index in [0.29, 0.717) is 41.3 Å². The molecule has 7 heteroatoms. The lowest BCUT2D eigenvalue weighted by Gasteiger charge is -2.16. The van der Waals surface area contributed by atoms with Gasteiger partial charge in [0.15, 0.2) is 0 Å². The minimum Gasteiger partial charge on any atom is -0.312 e. The zero-order valence-corrected chi connectivity index (χ0v) is 17.0. The molecule has 5 nitrogen and oxygen atoms in total. The van der Waals surface area contributed by atoms with Crippen LogP contribution in [0.5, 0.6) is 0 Å². The normalized spacial score (nSPS) is 19.7. The molecule has 28 heavy (non-hydrogen) atoms. The Morgan fingerprint density at radius 1 is 1.11 bits per heavy atom. The molecular formula is C21H22Cl2N4O. The molecular weight excluding hydrogens is 395 g/mol. The summed E-state index contributed by atoms with van der Waals surface area (Å²) in [6.07, 6.45) is 1.78. The van der Waals surface area contributed by atoms with Gasteiger partial charge in [0.1, 0.15) is 5.84 Å². The Morgan fingerprint density at radius 3 is 2.71 bits per heavy atom. The first kappa shape index (κ1) is 19.2. The Kier molecular flexibility index (Phi) is 5.85. The van der Waals surface area contributed by atoms with E-state index >= 15 is 0 Å². The molecule has 1 saturated heterocycles. The van der Waals surface area contributed by atoms with Crippen molar-refractivity contribution in [2.75, 3.05) is 31.2 Å². The highest BCUT2D eigenvalue weighted by Gasteiger charge is 2.26. The van der Waals surface area contributed by atoms with Crippen LogP contribution in [0, 0.1) is 0 Å². The van der Waals surface area contributed by atoms with Gasteiger partial charge in [0.2, 0.25) is 5.91 Å². The molecule has 0 saturated carbocycles. The first-order valence-corrected chi connectivity index (χ1v) is 10.2. The molecule has 2 heterocycles. The number of hydrogen-bond acceptors (Lipinski definition) is 4. The zero-order chi connectivity index (χ0) is 19.5. The third-order valence-corrected chi connectivity index (χ3v) is 5.94. The van der Waals surface area contributed by atoms with Crippen molar-refractivity contribution in [1.82, 2.24) is 10.2 Å². The number of benzene rings is 2. The van der Waals surface area contributed by atoms with Crippen molar-refractivity contribution in [3.05, 3.63) is 64.1 Å². The number of rotatable bonds is 4. The standard InChI is InChI=1S/C21H22Cl2N4O/c22-18-7-6-17(12-19(18)23)27-11-9-20(25-27)24-21(28)14-26-10-8-16(13-26)15-4-2-1-3-5-15/h1-7,12,16H,8-11,13-14H2,(H,24,25,28)/t16-/m0/s1. The lowest BCUT2D eigenvalue weighted by molar-refractivity contribution is -0.120. The van der Waals surface area contributed by atoms with E-state index in [1.54, 1.807) is 12.1 Å². The summed E-state index contributed by atoms with van der Waals surface area (Å²) in [4.78, 5) is 14.7. The van der Waals surface area contributed by atoms with Crippen LogP contribution in [-0.4, -0.2) is 42.8 Å². The number of anilines is 1. The number of halogens is 2. The van der Waals surface area contributed by atoms with Crippen LogP contribution in [0.1, 0.15) is 24.3 Å². The van der Waals surface area contributed by atoms with E-state index in [4.69, 9.17) is 23.2 Å². The molecule has 1 N–H and O–H groups in total. The number of carbonyl (C=O) groups is 1. The fourth-order valence-corrected chi connectivity index (χ4v) is 4.05. The summed E-state index contributed by atoms with van der Waals surface area (Å²) in [7, 11) is 0. The molecule has 1 fully saturated rings. The van der Waals surface area contributed by atoms with Crippen LogP contribution >= 0.6 is 23.2 Å². The molecule has 0 bridgehead atoms. The van der Waals surface area contributed by atoms with Crippen molar-refractivity contribution in [3.63, 3.8) is 0 Å². The summed E-state index contributed by atoms with van der Waals surface area (Å²) in [6, 6.07) is 15.9. The van der Waals surface area contributed by atoms with Gasteiger partial charge in [0.25, 0.3) is 0 Å². The van der Waals surface area contributed by atoms with Gasteiger partial charge in [-0.1, -0.05) is 53.5 Å². The van der Waals surface area contributed by atoms with Crippen LogP contribution < -0.4 is 10.3 Å². The molecule has 0 spiro atoms. The number of amidine groups is 1. The number of hydrazone groups is 1. The van der Waals surface area contributed by atoms with Crippen molar-refractivity contribution >= 4 is 40.6 Å². The molecule has 2 aliphatic rings. The summed E-state index contributed by atoms with van der Waals surface area (Å²) in [5.41, 5.74) is 2.21. The average Bonchev–Trinajstić information content (AvgIpc) is 3.34. The van der Waals surface area contributed by atoms with Gasteiger partial charge < -0.3 is 5.32 Å². The predicted molar refractivity (Wildman–Crippen MR) is 114 cm³/mol. The lowest BCUT2D eigenvalue weighted by Crippen LogP contribution is -2.38. The molecule has 2 aliphatic heterocycles. The van der Waals surface area contributed by atoms with Crippen LogP contribution in [-0.2, 0) is 4.79 Å². The minimum absolute atomic E-state index is 0.0107. The van der Waals surface area contributed by atoms with E-state index < -0.39 is 0 Å². The number of amides is 1. The van der Waals surface area contributed by atoms with Crippen molar-refractivity contribution < 1.29 is 4.79 Å². The van der Waals surface area contributed by atoms with Gasteiger partial charge in [-0.3, -0.25) is 14.7 Å². The monoisotopic (exact) mass is 416 g/mol. The van der Waals surface area contributed by atoms with Crippen molar-refractivity contribution in [2.24, 2.45) is 5.10 Å². The molecule has 0 radical (unpaired) electrons. The van der Waals surface area contributed by atoms with E-state index in [-0.39, 0.29) is 5.91 Å². The van der Waals surface area contributed by atoms with E-state index in [9.17, 15) is 4.79 Å². The summed E-state index contributed by atoms with van der Waals surface area (Å²) in [5, 5.41) is 10.3. The number of carbonyl (C=O) groups excluding carboxylic acids is 1. The van der Waals surface area contributed by atoms with Crippen LogP contribution in [0.15, 0.2) is 53.6 Å². The quantitative estimate of drug-likeness (QED) is 0.814. The molecule has 0 aromatic heterocycles. The SMILES string of the molecule is O=C(CN1CC[C@H](c2ccccc2)C1)NC1=NN(c2ccc(Cl)c(Cl)c2)CC1. The molecule has 2 aromatic rings. The fourth-order valence-electron chi connectivity index (χ4n) is 3.75. The Bertz CT molecular complexity index is 887. The molecule has 0 aliphatic carbocycles. The van der Waals surface area contributed by atoms with Gasteiger partial charge in [0.05, 0.1) is 22.3 Å². The van der Waals surface area contributed by atoms with Gasteiger partial charge in [-0.25, -0.2) is 0 Å². The van der Waals surface area contributed by atoms with Crippen LogP contribution in [0.3, 0.4) is 0 Å². The highest BCUT2D eigenvalue weighted by atomic mass is 35.5. The van der Waals surface area contributed by atoms with Crippen LogP contribution in [0.25, 0.3) is 0 Å². The maximum atomic E-state index is 12.4. The first-order chi connectivity index (χ1) is 13.6. The Balaban J connectivity index is 1.30. The van der Waals surface area contributed by atoms with E-state index in [1.165, 1.54) is 5.56 Å². The molecule has 4 rings (SSSR count). The maximum Gasteiger partial charge on any atom is 0.239 e. The minimum atomic E-state index is -0.0107. The molecule has 2 aromatic carbocycles. The Morgan fingerprint density at radius 2 is 1.93 bits per heavy atom. The highest BCUT2D eigenvalue weighted by Crippen LogP contribution is 2.29. The third kappa shape index (κ3) is 4.49. The van der Waals surface area contributed by atoms with Crippen molar-refractivity contribution in [1.29, 1.82) is 0 Å². The van der Waals surface area contributed by atoms with Crippen LogP contribution in [0.2, 0.25) is 10.0 Å². The third-order valence-electron chi connectivity index (χ3n) is 5.20. The van der Waals surface area contributed by atoms with E-state index in [1.807, 2.05) is 17.1 Å². The number of hydrogen-bond donors (Lipinski definition) is 1. The van der Waals surface area contributed by atoms with Gasteiger partial charge in [-0.15, -0.1) is 0 Å². The fraction of sp³-hybridized carbons (Fsp3) is 0.333. The zero-order valence-electron chi connectivity index (χ0n) is 15.4. The second-order valence-electron chi connectivity index (χ2n) is 7.20. The second-order valence-corrected chi connectivity index (χ2v) is 8.01. The lowest BCUT2D eigenvalue weighted by atomic mass is 9.99. The number of nitrogens with one attached hydrogen (secondary N) is 1. The van der Waals surface area contributed by atoms with Crippen molar-refractivity contribution in [2.45, 2.75) is 18.8 Å². The molecule has 1 amide bonds. The first-order valence-electron chi connectivity index (χ1n) is 9.46. The summed E-state index contributed by atoms with van der Waals surface area (Å²) in [5.74, 6) is 1.18. The number of nitrogens with zero attached hydrogens (tertiary/aromatic N) is 3. The Labute approximate surface area is 174 Å². The molecule has 0 unspecified atom stereocenters. The number of likely N-dealkylation sites (tertiary alicyclic amines) is 1. The van der Waals surface area contributed by atoms with Crippen LogP contribution in [0.4, 0.5) is 5.69 Å². The summed E-state index contributed by atoms with van der Waals surface area (Å²) >= 11 is 12.0. The second kappa shape index (κ2) is 8.52. The smallest absolute Gasteiger partial charge is 0.239 e. The molecule has 1 atom stereocenters. The summed E-state index contributed by atoms with van der Waals surface area (Å²) < 4.78 is 0. The molecule has 146 valence electrons. The summed E-state index contributed by atoms with van der Waals surface area (Å²) in [6.45, 7) is 2.96. The Hall–Kier alpha value is -2.08. The average molecular weight is 417 g/mol. The van der Waals surface area contributed by atoms with Crippen molar-refractivity contribution in [3.8, 4) is 0 Å². The van der Waals surface area contributed by atoms with E-state index in [2.05, 4.69) is 39.6 Å². The topological polar surface area (TPSA) is 47.9 Å². The van der Waals surface area contributed by atoms with Gasteiger partial charge in [0, 0.05) is 19.5 Å². The largest absolute Gasteiger partial charge is 0.312 e. The van der Waals surface area contributed by atoms with Gasteiger partial charge >= 0.3 is 0 Å². The highest BCUT2D eigenvalue weighted by molar-refractivity contribution is 6.42. The predicted octanol–water partition coefficient (Wildman–Crippen LogP) is 4.12. The van der Waals surface area contributed by atoms with E-state index in [0.717, 1.165) is 25.2 Å². The van der Waals surface area contributed by atoms with Gasteiger partial charge in [-0.2, -0.15) is 5.10 Å². The maximum absolute atomic E-state index is 12.4. The van der Waals surface area contributed by atoms with Gasteiger partial charge in [-0.05, 0) is 42.6 Å².